The maximum Gasteiger partial charge on any atom is 0.221 e. The lowest BCUT2D eigenvalue weighted by Crippen LogP contribution is -2.24. The molecule has 21 heavy (non-hydrogen) atoms. The number of benzene rings is 1. The molecule has 1 heterocycles. The van der Waals surface area contributed by atoms with E-state index in [9.17, 15) is 4.79 Å². The SMILES string of the molecule is CCNC(=O)CCn1c(CCCl)nc2ccc(OC)cc21. The molecule has 0 bridgehead atoms. The van der Waals surface area contributed by atoms with Gasteiger partial charge < -0.3 is 14.6 Å². The summed E-state index contributed by atoms with van der Waals surface area (Å²) >= 11 is 5.85. The molecule has 1 aromatic carbocycles. The van der Waals surface area contributed by atoms with E-state index in [-0.39, 0.29) is 5.91 Å². The number of nitrogens with one attached hydrogen (secondary N) is 1. The number of methoxy groups -OCH3 is 1. The quantitative estimate of drug-likeness (QED) is 0.799. The van der Waals surface area contributed by atoms with Crippen LogP contribution in [0.3, 0.4) is 0 Å². The number of fused-ring (bicyclic) bond motifs is 1. The molecule has 0 aliphatic carbocycles. The van der Waals surface area contributed by atoms with Crippen LogP contribution in [0.15, 0.2) is 18.2 Å². The Morgan fingerprint density at radius 3 is 2.95 bits per heavy atom. The first-order valence-corrected chi connectivity index (χ1v) is 7.58. The number of hydrogen-bond donors (Lipinski definition) is 1. The summed E-state index contributed by atoms with van der Waals surface area (Å²) in [6.07, 6.45) is 1.10. The van der Waals surface area contributed by atoms with Gasteiger partial charge in [0.1, 0.15) is 11.6 Å². The molecule has 0 aliphatic heterocycles. The number of halogens is 1. The highest BCUT2D eigenvalue weighted by atomic mass is 35.5. The summed E-state index contributed by atoms with van der Waals surface area (Å²) in [6.45, 7) is 3.14. The average Bonchev–Trinajstić information content (AvgIpc) is 2.82. The first kappa shape index (κ1) is 15.6. The summed E-state index contributed by atoms with van der Waals surface area (Å²) in [5.74, 6) is 2.22. The van der Waals surface area contributed by atoms with Gasteiger partial charge in [-0.3, -0.25) is 4.79 Å². The molecule has 1 amide bonds. The number of aryl methyl sites for hydroxylation is 2. The molecule has 0 unspecified atom stereocenters. The van der Waals surface area contributed by atoms with Crippen LogP contribution in [0.4, 0.5) is 0 Å². The van der Waals surface area contributed by atoms with Gasteiger partial charge in [0.2, 0.25) is 5.91 Å². The number of rotatable bonds is 7. The van der Waals surface area contributed by atoms with Gasteiger partial charge in [0.25, 0.3) is 0 Å². The summed E-state index contributed by atoms with van der Waals surface area (Å²) in [5.41, 5.74) is 1.87. The van der Waals surface area contributed by atoms with Gasteiger partial charge >= 0.3 is 0 Å². The molecule has 1 N–H and O–H groups in total. The zero-order valence-electron chi connectivity index (χ0n) is 12.4. The number of carbonyl (C=O) groups is 1. The highest BCUT2D eigenvalue weighted by Crippen LogP contribution is 2.22. The van der Waals surface area contributed by atoms with Gasteiger partial charge in [-0.2, -0.15) is 0 Å². The molecule has 0 saturated carbocycles. The van der Waals surface area contributed by atoms with Gasteiger partial charge in [-0.15, -0.1) is 11.6 Å². The van der Waals surface area contributed by atoms with Crippen molar-refractivity contribution < 1.29 is 9.53 Å². The molecule has 0 spiro atoms. The van der Waals surface area contributed by atoms with Crippen molar-refractivity contribution >= 4 is 28.5 Å². The Kier molecular flexibility index (Phi) is 5.44. The van der Waals surface area contributed by atoms with Crippen LogP contribution in [0.25, 0.3) is 11.0 Å². The summed E-state index contributed by atoms with van der Waals surface area (Å²) in [4.78, 5) is 16.3. The number of alkyl halides is 1. The fraction of sp³-hybridized carbons (Fsp3) is 0.467. The predicted octanol–water partition coefficient (Wildman–Crippen LogP) is 2.35. The molecule has 2 aromatic rings. The van der Waals surface area contributed by atoms with E-state index >= 15 is 0 Å². The molecule has 0 fully saturated rings. The fourth-order valence-electron chi connectivity index (χ4n) is 2.30. The summed E-state index contributed by atoms with van der Waals surface area (Å²) in [7, 11) is 1.64. The smallest absolute Gasteiger partial charge is 0.221 e. The third-order valence-electron chi connectivity index (χ3n) is 3.29. The number of imidazole rings is 1. The van der Waals surface area contributed by atoms with E-state index in [0.29, 0.717) is 31.8 Å². The van der Waals surface area contributed by atoms with Crippen molar-refractivity contribution in [3.63, 3.8) is 0 Å². The third kappa shape index (κ3) is 3.67. The van der Waals surface area contributed by atoms with E-state index in [4.69, 9.17) is 16.3 Å². The minimum atomic E-state index is 0.0408. The van der Waals surface area contributed by atoms with Crippen molar-refractivity contribution in [2.45, 2.75) is 26.3 Å². The van der Waals surface area contributed by atoms with Crippen molar-refractivity contribution in [2.24, 2.45) is 0 Å². The molecule has 1 aromatic heterocycles. The number of ether oxygens (including phenoxy) is 1. The van der Waals surface area contributed by atoms with Crippen LogP contribution in [-0.2, 0) is 17.8 Å². The second-order valence-corrected chi connectivity index (χ2v) is 5.05. The Bertz CT molecular complexity index is 625. The standard InChI is InChI=1S/C15H20ClN3O2/c1-3-17-15(20)7-9-19-13-10-11(21-2)4-5-12(13)18-14(19)6-8-16/h4-5,10H,3,6-9H2,1-2H3,(H,17,20). The number of hydrogen-bond acceptors (Lipinski definition) is 3. The van der Waals surface area contributed by atoms with Gasteiger partial charge in [0.15, 0.2) is 0 Å². The van der Waals surface area contributed by atoms with Crippen LogP contribution in [-0.4, -0.2) is 35.0 Å². The fourth-order valence-corrected chi connectivity index (χ4v) is 2.47. The largest absolute Gasteiger partial charge is 0.497 e. The lowest BCUT2D eigenvalue weighted by atomic mass is 10.3. The molecule has 2 rings (SSSR count). The van der Waals surface area contributed by atoms with Crippen molar-refractivity contribution in [2.75, 3.05) is 19.5 Å². The van der Waals surface area contributed by atoms with Gasteiger partial charge in [-0.1, -0.05) is 0 Å². The highest BCUT2D eigenvalue weighted by Gasteiger charge is 2.12. The first-order chi connectivity index (χ1) is 10.2. The zero-order valence-corrected chi connectivity index (χ0v) is 13.1. The second kappa shape index (κ2) is 7.31. The van der Waals surface area contributed by atoms with E-state index < -0.39 is 0 Å². The Balaban J connectivity index is 2.32. The lowest BCUT2D eigenvalue weighted by molar-refractivity contribution is -0.121. The zero-order chi connectivity index (χ0) is 15.2. The van der Waals surface area contributed by atoms with Gasteiger partial charge in [-0.05, 0) is 19.1 Å². The second-order valence-electron chi connectivity index (χ2n) is 4.68. The normalized spacial score (nSPS) is 10.8. The Morgan fingerprint density at radius 1 is 1.48 bits per heavy atom. The minimum absolute atomic E-state index is 0.0408. The molecular formula is C15H20ClN3O2. The average molecular weight is 310 g/mol. The molecule has 0 aliphatic rings. The topological polar surface area (TPSA) is 56.2 Å². The first-order valence-electron chi connectivity index (χ1n) is 7.05. The van der Waals surface area contributed by atoms with Crippen LogP contribution < -0.4 is 10.1 Å². The Hall–Kier alpha value is -1.75. The molecule has 6 heteroatoms. The van der Waals surface area contributed by atoms with Crippen LogP contribution in [0.1, 0.15) is 19.2 Å². The molecular weight excluding hydrogens is 290 g/mol. The van der Waals surface area contributed by atoms with E-state index in [2.05, 4.69) is 14.9 Å². The van der Waals surface area contributed by atoms with E-state index in [1.807, 2.05) is 25.1 Å². The van der Waals surface area contributed by atoms with Gasteiger partial charge in [-0.25, -0.2) is 4.98 Å². The van der Waals surface area contributed by atoms with Crippen LogP contribution in [0.2, 0.25) is 0 Å². The number of carbonyl (C=O) groups excluding carboxylic acids is 1. The number of nitrogens with zero attached hydrogens (tertiary/aromatic N) is 2. The molecule has 0 radical (unpaired) electrons. The number of amides is 1. The van der Waals surface area contributed by atoms with Crippen molar-refractivity contribution in [1.82, 2.24) is 14.9 Å². The van der Waals surface area contributed by atoms with Gasteiger partial charge in [0.05, 0.1) is 18.1 Å². The van der Waals surface area contributed by atoms with Crippen molar-refractivity contribution in [3.05, 3.63) is 24.0 Å². The van der Waals surface area contributed by atoms with E-state index in [1.54, 1.807) is 7.11 Å². The van der Waals surface area contributed by atoms with Crippen LogP contribution in [0.5, 0.6) is 5.75 Å². The maximum atomic E-state index is 11.7. The van der Waals surface area contributed by atoms with Crippen molar-refractivity contribution in [3.8, 4) is 5.75 Å². The summed E-state index contributed by atoms with van der Waals surface area (Å²) in [5, 5.41) is 2.81. The van der Waals surface area contributed by atoms with Crippen molar-refractivity contribution in [1.29, 1.82) is 0 Å². The minimum Gasteiger partial charge on any atom is -0.497 e. The molecule has 0 atom stereocenters. The number of aromatic nitrogens is 2. The molecule has 5 nitrogen and oxygen atoms in total. The van der Waals surface area contributed by atoms with Crippen LogP contribution >= 0.6 is 11.6 Å². The van der Waals surface area contributed by atoms with E-state index in [0.717, 1.165) is 22.6 Å². The summed E-state index contributed by atoms with van der Waals surface area (Å²) < 4.78 is 7.32. The third-order valence-corrected chi connectivity index (χ3v) is 3.48. The Morgan fingerprint density at radius 2 is 2.29 bits per heavy atom. The predicted molar refractivity (Wildman–Crippen MR) is 84.0 cm³/mol. The monoisotopic (exact) mass is 309 g/mol. The maximum absolute atomic E-state index is 11.7. The Labute approximate surface area is 129 Å². The lowest BCUT2D eigenvalue weighted by Gasteiger charge is -2.09. The van der Waals surface area contributed by atoms with E-state index in [1.165, 1.54) is 0 Å². The van der Waals surface area contributed by atoms with Crippen LogP contribution in [0, 0.1) is 0 Å². The highest BCUT2D eigenvalue weighted by molar-refractivity contribution is 6.17. The molecule has 114 valence electrons. The van der Waals surface area contributed by atoms with Gasteiger partial charge in [0, 0.05) is 37.9 Å². The summed E-state index contributed by atoms with van der Waals surface area (Å²) in [6, 6.07) is 5.75. The molecule has 0 saturated heterocycles.